The summed E-state index contributed by atoms with van der Waals surface area (Å²) in [6.45, 7) is 3.31. The van der Waals surface area contributed by atoms with Crippen LogP contribution >= 0.6 is 0 Å². The van der Waals surface area contributed by atoms with Gasteiger partial charge >= 0.3 is 0 Å². The van der Waals surface area contributed by atoms with Gasteiger partial charge in [0, 0.05) is 37.2 Å². The van der Waals surface area contributed by atoms with E-state index in [1.807, 2.05) is 18.5 Å². The molecule has 3 heterocycles. The lowest BCUT2D eigenvalue weighted by atomic mass is 10.1. The van der Waals surface area contributed by atoms with Crippen LogP contribution in [-0.4, -0.2) is 36.3 Å². The molecule has 4 nitrogen and oxygen atoms in total. The van der Waals surface area contributed by atoms with Crippen LogP contribution in [0.25, 0.3) is 11.1 Å². The minimum absolute atomic E-state index is 0.272. The molecule has 0 aliphatic carbocycles. The SMILES string of the molecule is [2H]c1cc(-c2cncc(N3CCOCC3)c2)ccn1. The quantitative estimate of drug-likeness (QED) is 0.807. The van der Waals surface area contributed by atoms with Crippen molar-refractivity contribution in [2.45, 2.75) is 0 Å². The average Bonchev–Trinajstić information content (AvgIpc) is 2.48. The highest BCUT2D eigenvalue weighted by molar-refractivity contribution is 5.66. The van der Waals surface area contributed by atoms with Crippen LogP contribution in [0.2, 0.25) is 0 Å². The zero-order valence-electron chi connectivity index (χ0n) is 11.0. The third-order valence-electron chi connectivity index (χ3n) is 3.06. The highest BCUT2D eigenvalue weighted by atomic mass is 16.5. The molecule has 2 aromatic heterocycles. The van der Waals surface area contributed by atoms with Crippen LogP contribution in [0.15, 0.2) is 43.0 Å². The molecule has 0 atom stereocenters. The van der Waals surface area contributed by atoms with E-state index >= 15 is 0 Å². The third kappa shape index (κ3) is 2.33. The van der Waals surface area contributed by atoms with Gasteiger partial charge < -0.3 is 9.64 Å². The average molecular weight is 242 g/mol. The van der Waals surface area contributed by atoms with Crippen LogP contribution in [-0.2, 0) is 4.74 Å². The van der Waals surface area contributed by atoms with Crippen LogP contribution in [0.4, 0.5) is 5.69 Å². The van der Waals surface area contributed by atoms with Gasteiger partial charge in [-0.05, 0) is 23.8 Å². The van der Waals surface area contributed by atoms with Gasteiger partial charge in [-0.25, -0.2) is 0 Å². The molecule has 92 valence electrons. The number of ether oxygens (including phenoxy) is 1. The Kier molecular flexibility index (Phi) is 2.86. The van der Waals surface area contributed by atoms with E-state index in [0.717, 1.165) is 43.1 Å². The molecule has 0 unspecified atom stereocenters. The minimum atomic E-state index is 0.272. The van der Waals surface area contributed by atoms with Crippen molar-refractivity contribution in [1.82, 2.24) is 9.97 Å². The molecule has 0 aromatic carbocycles. The number of nitrogens with zero attached hydrogens (tertiary/aromatic N) is 3. The van der Waals surface area contributed by atoms with E-state index in [2.05, 4.69) is 20.9 Å². The number of rotatable bonds is 2. The molecule has 1 saturated heterocycles. The van der Waals surface area contributed by atoms with Gasteiger partial charge in [-0.2, -0.15) is 0 Å². The topological polar surface area (TPSA) is 38.2 Å². The van der Waals surface area contributed by atoms with Crippen molar-refractivity contribution in [3.8, 4) is 11.1 Å². The number of anilines is 1. The van der Waals surface area contributed by atoms with E-state index in [0.29, 0.717) is 0 Å². The third-order valence-corrected chi connectivity index (χ3v) is 3.06. The van der Waals surface area contributed by atoms with E-state index in [4.69, 9.17) is 6.11 Å². The van der Waals surface area contributed by atoms with Crippen LogP contribution in [0, 0.1) is 0 Å². The normalized spacial score (nSPS) is 16.4. The van der Waals surface area contributed by atoms with Gasteiger partial charge in [0.05, 0.1) is 26.5 Å². The van der Waals surface area contributed by atoms with E-state index in [1.54, 1.807) is 12.3 Å². The molecule has 0 saturated carbocycles. The summed E-state index contributed by atoms with van der Waals surface area (Å²) >= 11 is 0. The van der Waals surface area contributed by atoms with Crippen molar-refractivity contribution < 1.29 is 6.11 Å². The molecule has 3 rings (SSSR count). The molecule has 2 aromatic rings. The fraction of sp³-hybridized carbons (Fsp3) is 0.286. The Bertz CT molecular complexity index is 570. The maximum absolute atomic E-state index is 7.58. The van der Waals surface area contributed by atoms with E-state index in [-0.39, 0.29) is 6.17 Å². The Morgan fingerprint density at radius 2 is 2.00 bits per heavy atom. The largest absolute Gasteiger partial charge is 0.378 e. The summed E-state index contributed by atoms with van der Waals surface area (Å²) in [5, 5.41) is 0. The Balaban J connectivity index is 1.91. The molecule has 1 aliphatic heterocycles. The zero-order valence-corrected chi connectivity index (χ0v) is 10.0. The number of hydrogen-bond acceptors (Lipinski definition) is 4. The maximum atomic E-state index is 7.58. The summed E-state index contributed by atoms with van der Waals surface area (Å²) in [5.41, 5.74) is 3.09. The van der Waals surface area contributed by atoms with Crippen LogP contribution in [0.1, 0.15) is 1.37 Å². The highest BCUT2D eigenvalue weighted by Crippen LogP contribution is 2.23. The molecular weight excluding hydrogens is 226 g/mol. The van der Waals surface area contributed by atoms with E-state index in [9.17, 15) is 0 Å². The second-order valence-corrected chi connectivity index (χ2v) is 4.20. The lowest BCUT2D eigenvalue weighted by molar-refractivity contribution is 0.122. The van der Waals surface area contributed by atoms with Gasteiger partial charge in [-0.3, -0.25) is 9.97 Å². The Morgan fingerprint density at radius 3 is 2.83 bits per heavy atom. The standard InChI is InChI=1S/C14H15N3O/c1-3-15-4-2-12(1)13-9-14(11-16-10-13)17-5-7-18-8-6-17/h1-4,9-11H,5-8H2/i3D. The van der Waals surface area contributed by atoms with Crippen molar-refractivity contribution >= 4 is 5.69 Å². The molecule has 0 radical (unpaired) electrons. The van der Waals surface area contributed by atoms with Gasteiger partial charge in [-0.15, -0.1) is 0 Å². The summed E-state index contributed by atoms with van der Waals surface area (Å²) < 4.78 is 12.9. The Hall–Kier alpha value is -1.94. The predicted molar refractivity (Wildman–Crippen MR) is 70.5 cm³/mol. The molecule has 4 heteroatoms. The van der Waals surface area contributed by atoms with Crippen molar-refractivity contribution in [1.29, 1.82) is 0 Å². The first-order valence-electron chi connectivity index (χ1n) is 6.54. The molecule has 0 N–H and O–H groups in total. The fourth-order valence-electron chi connectivity index (χ4n) is 2.08. The summed E-state index contributed by atoms with van der Waals surface area (Å²) in [7, 11) is 0. The van der Waals surface area contributed by atoms with Crippen molar-refractivity contribution in [3.05, 3.63) is 43.0 Å². The monoisotopic (exact) mass is 242 g/mol. The molecule has 18 heavy (non-hydrogen) atoms. The highest BCUT2D eigenvalue weighted by Gasteiger charge is 2.12. The number of morpholine rings is 1. The molecule has 1 aliphatic rings. The smallest absolute Gasteiger partial charge is 0.0840 e. The predicted octanol–water partition coefficient (Wildman–Crippen LogP) is 1.98. The summed E-state index contributed by atoms with van der Waals surface area (Å²) in [6, 6.07) is 5.76. The first kappa shape index (κ1) is 10.0. The molecule has 0 spiro atoms. The molecule has 0 amide bonds. The van der Waals surface area contributed by atoms with E-state index in [1.165, 1.54) is 0 Å². The van der Waals surface area contributed by atoms with Crippen molar-refractivity contribution in [3.63, 3.8) is 0 Å². The fourth-order valence-corrected chi connectivity index (χ4v) is 2.08. The van der Waals surface area contributed by atoms with Gasteiger partial charge in [0.15, 0.2) is 0 Å². The minimum Gasteiger partial charge on any atom is -0.378 e. The van der Waals surface area contributed by atoms with Gasteiger partial charge in [0.2, 0.25) is 0 Å². The summed E-state index contributed by atoms with van der Waals surface area (Å²) in [6.07, 6.45) is 5.62. The number of hydrogen-bond donors (Lipinski definition) is 0. The van der Waals surface area contributed by atoms with Gasteiger partial charge in [-0.1, -0.05) is 0 Å². The second kappa shape index (κ2) is 5.14. The Morgan fingerprint density at radius 1 is 1.11 bits per heavy atom. The van der Waals surface area contributed by atoms with Crippen LogP contribution in [0.3, 0.4) is 0 Å². The first-order valence-corrected chi connectivity index (χ1v) is 6.04. The van der Waals surface area contributed by atoms with Crippen LogP contribution in [0.5, 0.6) is 0 Å². The number of pyridine rings is 2. The second-order valence-electron chi connectivity index (χ2n) is 4.20. The molecule has 0 bridgehead atoms. The summed E-state index contributed by atoms with van der Waals surface area (Å²) in [5.74, 6) is 0. The van der Waals surface area contributed by atoms with Crippen molar-refractivity contribution in [2.24, 2.45) is 0 Å². The molecular formula is C14H15N3O. The van der Waals surface area contributed by atoms with Crippen molar-refractivity contribution in [2.75, 3.05) is 31.2 Å². The maximum Gasteiger partial charge on any atom is 0.0840 e. The van der Waals surface area contributed by atoms with Gasteiger partial charge in [0.25, 0.3) is 0 Å². The lowest BCUT2D eigenvalue weighted by Crippen LogP contribution is -2.36. The lowest BCUT2D eigenvalue weighted by Gasteiger charge is -2.28. The van der Waals surface area contributed by atoms with Crippen LogP contribution < -0.4 is 4.90 Å². The zero-order chi connectivity index (χ0) is 13.1. The van der Waals surface area contributed by atoms with Gasteiger partial charge in [0.1, 0.15) is 0 Å². The first-order chi connectivity index (χ1) is 9.33. The van der Waals surface area contributed by atoms with E-state index < -0.39 is 0 Å². The summed E-state index contributed by atoms with van der Waals surface area (Å²) in [4.78, 5) is 10.5. The number of aromatic nitrogens is 2. The Labute approximate surface area is 108 Å². The molecule has 1 fully saturated rings.